The van der Waals surface area contributed by atoms with E-state index < -0.39 is 0 Å². The second-order valence-electron chi connectivity index (χ2n) is 3.27. The number of terminal acetylenes is 1. The van der Waals surface area contributed by atoms with Crippen molar-refractivity contribution in [3.8, 4) is 12.3 Å². The molecule has 2 nitrogen and oxygen atoms in total. The normalized spacial score (nSPS) is 9.69. The second kappa shape index (κ2) is 7.70. The number of hydrogen-bond acceptors (Lipinski definition) is 2. The van der Waals surface area contributed by atoms with Crippen molar-refractivity contribution in [2.24, 2.45) is 0 Å². The Labute approximate surface area is 96.9 Å². The monoisotopic (exact) mass is 216 g/mol. The molecule has 0 saturated carbocycles. The van der Waals surface area contributed by atoms with E-state index in [4.69, 9.17) is 15.9 Å². The number of hydrogen-bond donors (Lipinski definition) is 0. The molecule has 0 aliphatic heterocycles. The molecule has 84 valence electrons. The molecule has 0 aliphatic carbocycles. The van der Waals surface area contributed by atoms with Crippen LogP contribution in [0.1, 0.15) is 11.1 Å². The highest BCUT2D eigenvalue weighted by Gasteiger charge is 2.01. The Morgan fingerprint density at radius 2 is 1.81 bits per heavy atom. The molecule has 0 radical (unpaired) electrons. The maximum Gasteiger partial charge on any atom is 0.107 e. The summed E-state index contributed by atoms with van der Waals surface area (Å²) in [4.78, 5) is 0. The van der Waals surface area contributed by atoms with Crippen LogP contribution in [0.4, 0.5) is 0 Å². The van der Waals surface area contributed by atoms with Crippen molar-refractivity contribution in [2.45, 2.75) is 13.2 Å². The summed E-state index contributed by atoms with van der Waals surface area (Å²) in [7, 11) is 0. The van der Waals surface area contributed by atoms with Crippen LogP contribution in [0.15, 0.2) is 36.9 Å². The maximum atomic E-state index is 5.40. The average Bonchev–Trinajstić information content (AvgIpc) is 2.32. The number of ether oxygens (including phenoxy) is 2. The van der Waals surface area contributed by atoms with Crippen LogP contribution in [0.5, 0.6) is 0 Å². The molecule has 1 aromatic rings. The summed E-state index contributed by atoms with van der Waals surface area (Å²) in [5, 5.41) is 0. The van der Waals surface area contributed by atoms with Crippen LogP contribution >= 0.6 is 0 Å². The second-order valence-corrected chi connectivity index (χ2v) is 3.27. The fourth-order valence-corrected chi connectivity index (χ4v) is 1.31. The van der Waals surface area contributed by atoms with Crippen molar-refractivity contribution in [1.82, 2.24) is 0 Å². The van der Waals surface area contributed by atoms with Gasteiger partial charge in [-0.05, 0) is 11.1 Å². The van der Waals surface area contributed by atoms with Gasteiger partial charge in [-0.3, -0.25) is 0 Å². The lowest BCUT2D eigenvalue weighted by molar-refractivity contribution is 0.136. The molecule has 0 heterocycles. The van der Waals surface area contributed by atoms with Gasteiger partial charge in [-0.25, -0.2) is 0 Å². The molecule has 0 atom stereocenters. The lowest BCUT2D eigenvalue weighted by Gasteiger charge is -2.08. The van der Waals surface area contributed by atoms with E-state index in [9.17, 15) is 0 Å². The highest BCUT2D eigenvalue weighted by molar-refractivity contribution is 5.25. The third-order valence-electron chi connectivity index (χ3n) is 2.05. The van der Waals surface area contributed by atoms with Gasteiger partial charge < -0.3 is 9.47 Å². The highest BCUT2D eigenvalue weighted by Crippen LogP contribution is 2.11. The van der Waals surface area contributed by atoms with Crippen molar-refractivity contribution in [1.29, 1.82) is 0 Å². The summed E-state index contributed by atoms with van der Waals surface area (Å²) in [6.45, 7) is 5.59. The molecule has 1 aromatic carbocycles. The minimum atomic E-state index is 0.335. The van der Waals surface area contributed by atoms with Crippen molar-refractivity contribution < 1.29 is 9.47 Å². The quantitative estimate of drug-likeness (QED) is 0.396. The molecule has 0 saturated heterocycles. The standard InChI is InChI=1S/C14H16O2/c1-3-9-15-11-13-7-5-6-8-14(13)12-16-10-4-2/h1,4-8H,2,9-12H2. The zero-order chi connectivity index (χ0) is 11.6. The van der Waals surface area contributed by atoms with Gasteiger partial charge in [0.2, 0.25) is 0 Å². The minimum Gasteiger partial charge on any atom is -0.373 e. The van der Waals surface area contributed by atoms with E-state index in [0.717, 1.165) is 11.1 Å². The molecule has 2 heteroatoms. The largest absolute Gasteiger partial charge is 0.373 e. The summed E-state index contributed by atoms with van der Waals surface area (Å²) in [6, 6.07) is 8.00. The van der Waals surface area contributed by atoms with Gasteiger partial charge in [0.05, 0.1) is 19.8 Å². The van der Waals surface area contributed by atoms with Gasteiger partial charge in [0.25, 0.3) is 0 Å². The lowest BCUT2D eigenvalue weighted by Crippen LogP contribution is -2.00. The third-order valence-corrected chi connectivity index (χ3v) is 2.05. The zero-order valence-corrected chi connectivity index (χ0v) is 9.32. The Balaban J connectivity index is 2.53. The SMILES string of the molecule is C#CCOCc1ccccc1COCC=C. The smallest absolute Gasteiger partial charge is 0.107 e. The van der Waals surface area contributed by atoms with E-state index in [1.165, 1.54) is 0 Å². The molecule has 0 fully saturated rings. The Kier molecular flexibility index (Phi) is 6.02. The topological polar surface area (TPSA) is 18.5 Å². The summed E-state index contributed by atoms with van der Waals surface area (Å²) < 4.78 is 10.7. The fraction of sp³-hybridized carbons (Fsp3) is 0.286. The Bertz CT molecular complexity index is 363. The highest BCUT2D eigenvalue weighted by atomic mass is 16.5. The lowest BCUT2D eigenvalue weighted by atomic mass is 10.1. The Hall–Kier alpha value is -1.56. The molecule has 0 aliphatic rings. The van der Waals surface area contributed by atoms with E-state index in [-0.39, 0.29) is 0 Å². The van der Waals surface area contributed by atoms with Crippen LogP contribution in [-0.2, 0) is 22.7 Å². The van der Waals surface area contributed by atoms with Crippen LogP contribution in [0.3, 0.4) is 0 Å². The van der Waals surface area contributed by atoms with E-state index in [1.54, 1.807) is 6.08 Å². The first-order valence-corrected chi connectivity index (χ1v) is 5.15. The van der Waals surface area contributed by atoms with Gasteiger partial charge in [0.15, 0.2) is 0 Å². The van der Waals surface area contributed by atoms with Gasteiger partial charge in [-0.1, -0.05) is 36.3 Å². The van der Waals surface area contributed by atoms with Gasteiger partial charge in [0.1, 0.15) is 6.61 Å². The fourth-order valence-electron chi connectivity index (χ4n) is 1.31. The van der Waals surface area contributed by atoms with Crippen LogP contribution in [0, 0.1) is 12.3 Å². The minimum absolute atomic E-state index is 0.335. The molecule has 0 unspecified atom stereocenters. The van der Waals surface area contributed by atoms with Crippen LogP contribution in [0.25, 0.3) is 0 Å². The van der Waals surface area contributed by atoms with Crippen molar-refractivity contribution in [3.05, 3.63) is 48.0 Å². The summed E-state index contributed by atoms with van der Waals surface area (Å²) in [5.74, 6) is 2.44. The zero-order valence-electron chi connectivity index (χ0n) is 9.32. The molecular formula is C14H16O2. The first-order chi connectivity index (χ1) is 7.88. The predicted molar refractivity (Wildman–Crippen MR) is 64.8 cm³/mol. The predicted octanol–water partition coefficient (Wildman–Crippen LogP) is 2.54. The molecule has 0 aromatic heterocycles. The Morgan fingerprint density at radius 1 is 1.19 bits per heavy atom. The van der Waals surface area contributed by atoms with E-state index >= 15 is 0 Å². The van der Waals surface area contributed by atoms with E-state index in [1.807, 2.05) is 24.3 Å². The van der Waals surface area contributed by atoms with Crippen molar-refractivity contribution in [2.75, 3.05) is 13.2 Å². The summed E-state index contributed by atoms with van der Waals surface area (Å²) in [5.41, 5.74) is 2.24. The third kappa shape index (κ3) is 4.31. The van der Waals surface area contributed by atoms with Gasteiger partial charge in [-0.2, -0.15) is 0 Å². The van der Waals surface area contributed by atoms with Crippen LogP contribution < -0.4 is 0 Å². The van der Waals surface area contributed by atoms with E-state index in [2.05, 4.69) is 12.5 Å². The van der Waals surface area contributed by atoms with E-state index in [0.29, 0.717) is 26.4 Å². The molecule has 0 amide bonds. The van der Waals surface area contributed by atoms with Crippen LogP contribution in [-0.4, -0.2) is 13.2 Å². The van der Waals surface area contributed by atoms with Crippen molar-refractivity contribution >= 4 is 0 Å². The maximum absolute atomic E-state index is 5.40. The molecular weight excluding hydrogens is 200 g/mol. The van der Waals surface area contributed by atoms with Crippen LogP contribution in [0.2, 0.25) is 0 Å². The first-order valence-electron chi connectivity index (χ1n) is 5.15. The number of rotatable bonds is 7. The summed E-state index contributed by atoms with van der Waals surface area (Å²) in [6.07, 6.45) is 6.85. The summed E-state index contributed by atoms with van der Waals surface area (Å²) >= 11 is 0. The van der Waals surface area contributed by atoms with Gasteiger partial charge in [-0.15, -0.1) is 13.0 Å². The van der Waals surface area contributed by atoms with Crippen molar-refractivity contribution in [3.63, 3.8) is 0 Å². The molecule has 0 spiro atoms. The molecule has 1 rings (SSSR count). The Morgan fingerprint density at radius 3 is 2.38 bits per heavy atom. The van der Waals surface area contributed by atoms with Gasteiger partial charge in [0, 0.05) is 0 Å². The van der Waals surface area contributed by atoms with Gasteiger partial charge >= 0.3 is 0 Å². The number of benzene rings is 1. The first kappa shape index (κ1) is 12.5. The average molecular weight is 216 g/mol. The molecule has 0 bridgehead atoms. The molecule has 16 heavy (non-hydrogen) atoms. The molecule has 0 N–H and O–H groups in total.